The number of nitrogens with zero attached hydrogens (tertiary/aromatic N) is 8. The van der Waals surface area contributed by atoms with Crippen molar-refractivity contribution in [2.24, 2.45) is 0 Å². The molecule has 714 valence electrons. The Kier molecular flexibility index (Phi) is 20.4. The van der Waals surface area contributed by atoms with E-state index < -0.39 is 6.71 Å². The summed E-state index contributed by atoms with van der Waals surface area (Å²) in [6.07, 6.45) is 0. The van der Waals surface area contributed by atoms with Crippen molar-refractivity contribution in [2.45, 2.75) is 131 Å². The topological polar surface area (TPSA) is 52.0 Å². The fourth-order valence-corrected chi connectivity index (χ4v) is 25.1. The van der Waals surface area contributed by atoms with E-state index in [1.807, 2.05) is 11.3 Å². The molecule has 9 heterocycles. The smallest absolute Gasteiger partial charge is 0.252 e. The molecule has 27 rings (SSSR count). The van der Waals surface area contributed by atoms with E-state index in [-0.39, 0.29) is 27.1 Å². The molecule has 8 nitrogen and oxygen atoms in total. The average molecular weight is 1930 g/mol. The summed E-state index contributed by atoms with van der Waals surface area (Å²) in [4.78, 5) is 18.0. The zero-order chi connectivity index (χ0) is 101. The van der Waals surface area contributed by atoms with Gasteiger partial charge in [0, 0.05) is 109 Å². The lowest BCUT2D eigenvalue weighted by molar-refractivity contribution is 0.590. The van der Waals surface area contributed by atoms with Crippen LogP contribution in [0, 0.1) is 0 Å². The van der Waals surface area contributed by atoms with Gasteiger partial charge in [-0.1, -0.05) is 377 Å². The molecule has 0 aliphatic carbocycles. The van der Waals surface area contributed by atoms with E-state index in [4.69, 9.17) is 9.97 Å². The highest BCUT2D eigenvalue weighted by molar-refractivity contribution is 7.26. The highest BCUT2D eigenvalue weighted by atomic mass is 32.1. The Morgan fingerprint density at radius 2 is 0.581 bits per heavy atom. The minimum Gasteiger partial charge on any atom is -0.311 e. The van der Waals surface area contributed by atoms with Gasteiger partial charge in [0.25, 0.3) is 6.71 Å². The summed E-state index contributed by atoms with van der Waals surface area (Å²) in [7, 11) is 0. The molecule has 18 aromatic carbocycles. The summed E-state index contributed by atoms with van der Waals surface area (Å²) in [6, 6.07) is 157. The lowest BCUT2D eigenvalue weighted by Gasteiger charge is -2.45. The van der Waals surface area contributed by atoms with Gasteiger partial charge in [-0.2, -0.15) is 0 Å². The maximum Gasteiger partial charge on any atom is 0.252 e. The Morgan fingerprint density at radius 1 is 0.209 bits per heavy atom. The molecule has 0 radical (unpaired) electrons. The van der Waals surface area contributed by atoms with Crippen LogP contribution in [0.2, 0.25) is 0 Å². The van der Waals surface area contributed by atoms with Gasteiger partial charge in [-0.15, -0.1) is 11.3 Å². The number of para-hydroxylation sites is 3. The summed E-state index contributed by atoms with van der Waals surface area (Å²) in [6.45, 7) is 34.7. The fourth-order valence-electron chi connectivity index (χ4n) is 24.0. The Balaban J connectivity index is 0.790. The lowest BCUT2D eigenvalue weighted by Crippen LogP contribution is -2.61. The van der Waals surface area contributed by atoms with E-state index in [2.05, 4.69) is 544 Å². The van der Waals surface area contributed by atoms with Crippen LogP contribution in [0.15, 0.2) is 413 Å². The standard InChI is InChI=1S/C138H113BN8S/c1-134(2,3)93-55-59-103-104-60-56-94(135(4,5)6)75-122(104)144(121(103)74-93)100-81-113(140-129(83-100)146-116-50-34-30-46-107(116)131-120(146)66-67-128-132(131)108-47-31-35-51-127(108)148-128)90-54-65-119-111(73-90)139-110-72-89(112-80-99(142-114-48-32-28-44-101(114)102-45-29-33-49-115(102)142)82-130(141-112)147-123-76-95(136(7,8)9)57-61-105(123)106-62-58-96(77-124(106)147)137(10,11)12)53-64-118(110)143(98-69-91(85-38-22-17-23-39-85)68-92(70-98)86-40-24-18-25-41-86)125-78-97(138(13,14)15)79-126(133(125)139)145(119)117-63-52-88(84-36-20-16-21-37-84)71-109(117)87-42-26-19-27-43-87/h16-83H,1-15H3. The summed E-state index contributed by atoms with van der Waals surface area (Å²) in [5.41, 5.74) is 38.6. The molecule has 148 heavy (non-hydrogen) atoms. The highest BCUT2D eigenvalue weighted by Crippen LogP contribution is 2.54. The van der Waals surface area contributed by atoms with Gasteiger partial charge < -0.3 is 18.9 Å². The van der Waals surface area contributed by atoms with Crippen LogP contribution in [-0.2, 0) is 27.1 Å². The van der Waals surface area contributed by atoms with Crippen molar-refractivity contribution in [2.75, 3.05) is 9.80 Å². The second-order valence-corrected chi connectivity index (χ2v) is 47.3. The van der Waals surface area contributed by atoms with Crippen LogP contribution in [0.4, 0.5) is 34.1 Å². The molecule has 0 saturated carbocycles. The minimum atomic E-state index is -0.457. The number of hydrogen-bond donors (Lipinski definition) is 0. The van der Waals surface area contributed by atoms with Gasteiger partial charge in [-0.05, 0) is 249 Å². The van der Waals surface area contributed by atoms with E-state index in [1.54, 1.807) is 0 Å². The first-order valence-electron chi connectivity index (χ1n) is 52.2. The predicted molar refractivity (Wildman–Crippen MR) is 632 cm³/mol. The molecule has 0 bridgehead atoms. The van der Waals surface area contributed by atoms with Crippen LogP contribution in [0.3, 0.4) is 0 Å². The van der Waals surface area contributed by atoms with Crippen molar-refractivity contribution in [3.8, 4) is 90.0 Å². The molecule has 0 saturated heterocycles. The predicted octanol–water partition coefficient (Wildman–Crippen LogP) is 35.8. The first-order chi connectivity index (χ1) is 71.5. The molecule has 0 atom stereocenters. The Morgan fingerprint density at radius 3 is 1.05 bits per heavy atom. The normalized spacial score (nSPS) is 13.1. The SMILES string of the molecule is CC(C)(C)c1cc2c3c(c1)N(c1ccc(-c4ccccc4)cc1-c1ccccc1)c1ccc(-c4cc(-n5c6cc(C(C)(C)C)ccc6c6ccc(C(C)(C)C)cc65)cc(-n5c6ccccc6c6c7c(ccc65)sc5ccccc57)n4)cc1B3c1cc(-c3cc(-n4c5ccccc5c5ccccc54)cc(-n4c5cc(C(C)(C)C)ccc5c5ccc(C(C)(C)C)cc54)n3)ccc1N2c1cc(-c2ccccc2)cc(-c2ccccc2)c1. The summed E-state index contributed by atoms with van der Waals surface area (Å²) < 4.78 is 12.6. The van der Waals surface area contributed by atoms with Crippen molar-refractivity contribution in [1.29, 1.82) is 0 Å². The third kappa shape index (κ3) is 14.7. The second kappa shape index (κ2) is 33.4. The second-order valence-electron chi connectivity index (χ2n) is 46.2. The fraction of sp³-hybridized carbons (Fsp3) is 0.145. The zero-order valence-electron chi connectivity index (χ0n) is 86.3. The van der Waals surface area contributed by atoms with Crippen LogP contribution in [0.1, 0.15) is 132 Å². The van der Waals surface area contributed by atoms with E-state index in [1.165, 1.54) is 96.5 Å². The highest BCUT2D eigenvalue weighted by Gasteiger charge is 2.46. The molecule has 25 aromatic rings. The van der Waals surface area contributed by atoms with Crippen molar-refractivity contribution in [3.05, 3.63) is 440 Å². The van der Waals surface area contributed by atoms with E-state index in [0.29, 0.717) is 0 Å². The maximum absolute atomic E-state index is 6.35. The molecule has 0 fully saturated rings. The maximum atomic E-state index is 6.35. The number of aromatic nitrogens is 6. The van der Waals surface area contributed by atoms with Crippen molar-refractivity contribution < 1.29 is 0 Å². The Bertz CT molecular complexity index is 9570. The third-order valence-electron chi connectivity index (χ3n) is 31.7. The monoisotopic (exact) mass is 1920 g/mol. The number of benzene rings is 18. The molecular weight excluding hydrogens is 1810 g/mol. The van der Waals surface area contributed by atoms with Crippen molar-refractivity contribution >= 4 is 176 Å². The molecule has 0 amide bonds. The molecule has 2 aliphatic heterocycles. The third-order valence-corrected chi connectivity index (χ3v) is 32.8. The molecule has 0 N–H and O–H groups in total. The zero-order valence-corrected chi connectivity index (χ0v) is 87.1. The van der Waals surface area contributed by atoms with Gasteiger partial charge in [0.05, 0.1) is 72.6 Å². The van der Waals surface area contributed by atoms with Gasteiger partial charge in [0.1, 0.15) is 11.6 Å². The molecular formula is C138H113BN8S. The van der Waals surface area contributed by atoms with Crippen LogP contribution in [0.25, 0.3) is 197 Å². The Hall–Kier alpha value is -16.7. The number of rotatable bonds is 12. The summed E-state index contributed by atoms with van der Waals surface area (Å²) in [5, 5.41) is 12.1. The van der Waals surface area contributed by atoms with Crippen LogP contribution in [0.5, 0.6) is 0 Å². The van der Waals surface area contributed by atoms with Gasteiger partial charge in [0.15, 0.2) is 0 Å². The minimum absolute atomic E-state index is 0.163. The summed E-state index contributed by atoms with van der Waals surface area (Å²) in [5.74, 6) is 1.64. The molecule has 7 aromatic heterocycles. The average Bonchev–Trinajstić information content (AvgIpc) is 1.11. The van der Waals surface area contributed by atoms with E-state index in [0.717, 1.165) is 179 Å². The quantitative estimate of drug-likeness (QED) is 0.114. The molecule has 2 aliphatic rings. The van der Waals surface area contributed by atoms with Gasteiger partial charge in [-0.25, -0.2) is 9.97 Å². The molecule has 10 heteroatoms. The first kappa shape index (κ1) is 90.1. The number of hydrogen-bond acceptors (Lipinski definition) is 5. The van der Waals surface area contributed by atoms with Crippen LogP contribution in [-0.4, -0.2) is 34.9 Å². The van der Waals surface area contributed by atoms with Crippen LogP contribution < -0.4 is 26.2 Å². The number of pyridine rings is 2. The number of fused-ring (bicyclic) bond motifs is 20. The van der Waals surface area contributed by atoms with E-state index >= 15 is 0 Å². The Labute approximate surface area is 868 Å². The number of anilines is 6. The van der Waals surface area contributed by atoms with Crippen LogP contribution >= 0.6 is 11.3 Å². The first-order valence-corrected chi connectivity index (χ1v) is 53.0. The van der Waals surface area contributed by atoms with E-state index in [9.17, 15) is 0 Å². The lowest BCUT2D eigenvalue weighted by atomic mass is 9.33. The van der Waals surface area contributed by atoms with Gasteiger partial charge in [-0.3, -0.25) is 9.13 Å². The van der Waals surface area contributed by atoms with Crippen molar-refractivity contribution in [1.82, 2.24) is 28.2 Å². The van der Waals surface area contributed by atoms with Gasteiger partial charge in [0.2, 0.25) is 0 Å². The summed E-state index contributed by atoms with van der Waals surface area (Å²) >= 11 is 1.87. The largest absolute Gasteiger partial charge is 0.311 e. The molecule has 0 unspecified atom stereocenters. The van der Waals surface area contributed by atoms with Crippen molar-refractivity contribution in [3.63, 3.8) is 0 Å². The van der Waals surface area contributed by atoms with Gasteiger partial charge >= 0.3 is 0 Å². The molecule has 0 spiro atoms. The number of thiophene rings is 1.